The van der Waals surface area contributed by atoms with Gasteiger partial charge < -0.3 is 4.74 Å². The largest absolute Gasteiger partial charge is 0.376 e. The average molecular weight is 385 g/mol. The third-order valence-electron chi connectivity index (χ3n) is 5.13. The van der Waals surface area contributed by atoms with Crippen molar-refractivity contribution in [1.29, 1.82) is 0 Å². The molecule has 1 unspecified atom stereocenters. The predicted molar refractivity (Wildman–Crippen MR) is 107 cm³/mol. The van der Waals surface area contributed by atoms with Crippen LogP contribution in [-0.4, -0.2) is 30.1 Å². The van der Waals surface area contributed by atoms with E-state index < -0.39 is 0 Å². The number of ether oxygens (including phenoxy) is 1. The Morgan fingerprint density at radius 2 is 2.15 bits per heavy atom. The number of carbonyl (C=O) groups excluding carboxylic acids is 1. The smallest absolute Gasteiger partial charge is 0.270 e. The molecule has 1 fully saturated rings. The molecule has 0 saturated carbocycles. The van der Waals surface area contributed by atoms with Gasteiger partial charge in [0.25, 0.3) is 5.91 Å². The summed E-state index contributed by atoms with van der Waals surface area (Å²) in [6.45, 7) is 1.38. The highest BCUT2D eigenvalue weighted by Crippen LogP contribution is 2.34. The van der Waals surface area contributed by atoms with E-state index in [1.54, 1.807) is 22.7 Å². The Hall–Kier alpha value is -1.76. The van der Waals surface area contributed by atoms with Gasteiger partial charge in [-0.25, -0.2) is 4.98 Å². The molecule has 2 aliphatic rings. The molecule has 0 bridgehead atoms. The monoisotopic (exact) mass is 384 g/mol. The normalized spacial score (nSPS) is 19.2. The standard InChI is InChI=1S/C20H20N2O2S2/c23-19(18-11-13-5-3-9-16(13)25-18)22(12-14-6-4-10-24-14)20-21-15-7-1-2-8-17(15)26-20/h1-2,7-8,11,14H,3-6,9-10,12H2. The Bertz CT molecular complexity index is 901. The van der Waals surface area contributed by atoms with Crippen LogP contribution < -0.4 is 4.90 Å². The first kappa shape index (κ1) is 16.4. The van der Waals surface area contributed by atoms with Crippen molar-refractivity contribution in [3.05, 3.63) is 45.6 Å². The Balaban J connectivity index is 1.50. The third kappa shape index (κ3) is 2.96. The second-order valence-electron chi connectivity index (χ2n) is 6.93. The summed E-state index contributed by atoms with van der Waals surface area (Å²) in [5.41, 5.74) is 2.31. The molecule has 5 rings (SSSR count). The fourth-order valence-electron chi connectivity index (χ4n) is 3.78. The molecule has 1 atom stereocenters. The van der Waals surface area contributed by atoms with Crippen LogP contribution in [0.25, 0.3) is 10.2 Å². The van der Waals surface area contributed by atoms with Crippen LogP contribution in [0.1, 0.15) is 39.4 Å². The number of nitrogens with zero attached hydrogens (tertiary/aromatic N) is 2. The SMILES string of the molecule is O=C(c1cc2c(s1)CCC2)N(CC1CCCO1)c1nc2ccccc2s1. The summed E-state index contributed by atoms with van der Waals surface area (Å²) in [5, 5.41) is 0.778. The van der Waals surface area contributed by atoms with Gasteiger partial charge in [-0.1, -0.05) is 23.5 Å². The molecular weight excluding hydrogens is 364 g/mol. The number of aryl methyl sites for hydroxylation is 2. The average Bonchev–Trinajstić information content (AvgIpc) is 3.42. The molecule has 4 nitrogen and oxygen atoms in total. The lowest BCUT2D eigenvalue weighted by atomic mass is 10.2. The number of aromatic nitrogens is 1. The first-order chi connectivity index (χ1) is 12.8. The molecule has 3 heterocycles. The van der Waals surface area contributed by atoms with Gasteiger partial charge in [-0.05, 0) is 55.9 Å². The number of anilines is 1. The minimum Gasteiger partial charge on any atom is -0.376 e. The van der Waals surface area contributed by atoms with Gasteiger partial charge in [-0.15, -0.1) is 11.3 Å². The molecule has 1 saturated heterocycles. The highest BCUT2D eigenvalue weighted by atomic mass is 32.1. The number of amides is 1. The van der Waals surface area contributed by atoms with E-state index in [0.717, 1.165) is 52.5 Å². The van der Waals surface area contributed by atoms with Crippen LogP contribution in [0, 0.1) is 0 Å². The lowest BCUT2D eigenvalue weighted by molar-refractivity contribution is 0.0920. The van der Waals surface area contributed by atoms with E-state index >= 15 is 0 Å². The number of thiophene rings is 1. The summed E-state index contributed by atoms with van der Waals surface area (Å²) in [6, 6.07) is 10.2. The number of carbonyl (C=O) groups is 1. The molecule has 6 heteroatoms. The highest BCUT2D eigenvalue weighted by molar-refractivity contribution is 7.22. The van der Waals surface area contributed by atoms with E-state index in [1.807, 2.05) is 23.1 Å². The fourth-order valence-corrected chi connectivity index (χ4v) is 5.96. The van der Waals surface area contributed by atoms with Crippen molar-refractivity contribution in [2.45, 2.75) is 38.2 Å². The maximum atomic E-state index is 13.4. The first-order valence-electron chi connectivity index (χ1n) is 9.18. The van der Waals surface area contributed by atoms with Crippen LogP contribution in [0.15, 0.2) is 30.3 Å². The van der Waals surface area contributed by atoms with E-state index in [2.05, 4.69) is 12.1 Å². The van der Waals surface area contributed by atoms with Gasteiger partial charge in [0.05, 0.1) is 27.7 Å². The minimum atomic E-state index is 0.0685. The number of hydrogen-bond acceptors (Lipinski definition) is 5. The van der Waals surface area contributed by atoms with Crippen molar-refractivity contribution in [1.82, 2.24) is 4.98 Å². The highest BCUT2D eigenvalue weighted by Gasteiger charge is 2.29. The molecule has 1 aliphatic heterocycles. The van der Waals surface area contributed by atoms with E-state index in [1.165, 1.54) is 16.9 Å². The van der Waals surface area contributed by atoms with Crippen molar-refractivity contribution < 1.29 is 9.53 Å². The van der Waals surface area contributed by atoms with Crippen molar-refractivity contribution in [3.8, 4) is 0 Å². The van der Waals surface area contributed by atoms with Crippen LogP contribution in [0.4, 0.5) is 5.13 Å². The van der Waals surface area contributed by atoms with Gasteiger partial charge in [0.1, 0.15) is 0 Å². The van der Waals surface area contributed by atoms with E-state index in [0.29, 0.717) is 6.54 Å². The maximum Gasteiger partial charge on any atom is 0.270 e. The summed E-state index contributed by atoms with van der Waals surface area (Å²) < 4.78 is 6.93. The molecule has 3 aromatic rings. The zero-order chi connectivity index (χ0) is 17.5. The lowest BCUT2D eigenvalue weighted by Crippen LogP contribution is -2.37. The van der Waals surface area contributed by atoms with Gasteiger partial charge >= 0.3 is 0 Å². The van der Waals surface area contributed by atoms with Crippen molar-refractivity contribution in [2.75, 3.05) is 18.1 Å². The number of fused-ring (bicyclic) bond motifs is 2. The molecule has 1 aliphatic carbocycles. The second-order valence-corrected chi connectivity index (χ2v) is 9.07. The molecule has 2 aromatic heterocycles. The molecule has 1 aromatic carbocycles. The van der Waals surface area contributed by atoms with E-state index in [4.69, 9.17) is 9.72 Å². The quantitative estimate of drug-likeness (QED) is 0.656. The summed E-state index contributed by atoms with van der Waals surface area (Å²) in [5.74, 6) is 0.0685. The zero-order valence-electron chi connectivity index (χ0n) is 14.4. The summed E-state index contributed by atoms with van der Waals surface area (Å²) in [4.78, 5) is 22.2. The molecule has 1 amide bonds. The van der Waals surface area contributed by atoms with Crippen molar-refractivity contribution >= 4 is 43.9 Å². The first-order valence-corrected chi connectivity index (χ1v) is 10.8. The van der Waals surface area contributed by atoms with Crippen molar-refractivity contribution in [2.24, 2.45) is 0 Å². The molecule has 0 spiro atoms. The Morgan fingerprint density at radius 1 is 1.23 bits per heavy atom. The van der Waals surface area contributed by atoms with Crippen LogP contribution in [-0.2, 0) is 17.6 Å². The maximum absolute atomic E-state index is 13.4. The van der Waals surface area contributed by atoms with Crippen LogP contribution in [0.2, 0.25) is 0 Å². The lowest BCUT2D eigenvalue weighted by Gasteiger charge is -2.22. The van der Waals surface area contributed by atoms with E-state index in [9.17, 15) is 4.79 Å². The van der Waals surface area contributed by atoms with Crippen LogP contribution >= 0.6 is 22.7 Å². The predicted octanol–water partition coefficient (Wildman–Crippen LogP) is 4.67. The number of benzene rings is 1. The number of para-hydroxylation sites is 1. The number of rotatable bonds is 4. The fraction of sp³-hybridized carbons (Fsp3) is 0.400. The van der Waals surface area contributed by atoms with E-state index in [-0.39, 0.29) is 12.0 Å². The summed E-state index contributed by atoms with van der Waals surface area (Å²) >= 11 is 3.25. The van der Waals surface area contributed by atoms with Gasteiger partial charge in [0.2, 0.25) is 0 Å². The van der Waals surface area contributed by atoms with Gasteiger partial charge in [0, 0.05) is 11.5 Å². The van der Waals surface area contributed by atoms with Crippen LogP contribution in [0.5, 0.6) is 0 Å². The van der Waals surface area contributed by atoms with Gasteiger partial charge in [0.15, 0.2) is 5.13 Å². The molecule has 134 valence electrons. The Kier molecular flexibility index (Phi) is 4.27. The zero-order valence-corrected chi connectivity index (χ0v) is 16.1. The minimum absolute atomic E-state index is 0.0685. The third-order valence-corrected chi connectivity index (χ3v) is 7.41. The summed E-state index contributed by atoms with van der Waals surface area (Å²) in [7, 11) is 0. The molecule has 0 N–H and O–H groups in total. The van der Waals surface area contributed by atoms with Crippen LogP contribution in [0.3, 0.4) is 0 Å². The van der Waals surface area contributed by atoms with Crippen molar-refractivity contribution in [3.63, 3.8) is 0 Å². The summed E-state index contributed by atoms with van der Waals surface area (Å²) in [6.07, 6.45) is 5.62. The van der Waals surface area contributed by atoms with Gasteiger partial charge in [-0.3, -0.25) is 9.69 Å². The Labute approximate surface area is 160 Å². The molecule has 0 radical (unpaired) electrons. The second kappa shape index (κ2) is 6.76. The number of hydrogen-bond donors (Lipinski definition) is 0. The number of thiazole rings is 1. The molecular formula is C20H20N2O2S2. The topological polar surface area (TPSA) is 42.4 Å². The molecule has 26 heavy (non-hydrogen) atoms. The van der Waals surface area contributed by atoms with Gasteiger partial charge in [-0.2, -0.15) is 0 Å². The Morgan fingerprint density at radius 3 is 2.96 bits per heavy atom.